The van der Waals surface area contributed by atoms with Crippen LogP contribution in [-0.4, -0.2) is 42.5 Å². The van der Waals surface area contributed by atoms with Gasteiger partial charge in [-0.3, -0.25) is 4.79 Å². The number of nitrogens with zero attached hydrogens (tertiary/aromatic N) is 2. The summed E-state index contributed by atoms with van der Waals surface area (Å²) in [6.07, 6.45) is 4.37. The Morgan fingerprint density at radius 2 is 2.09 bits per heavy atom. The summed E-state index contributed by atoms with van der Waals surface area (Å²) in [7, 11) is 1.65. The van der Waals surface area contributed by atoms with Crippen molar-refractivity contribution in [2.24, 2.45) is 5.41 Å². The van der Waals surface area contributed by atoms with Crippen LogP contribution >= 0.6 is 11.6 Å². The first-order chi connectivity index (χ1) is 15.3. The van der Waals surface area contributed by atoms with Crippen LogP contribution in [0.25, 0.3) is 11.4 Å². The summed E-state index contributed by atoms with van der Waals surface area (Å²) in [5, 5.41) is 0.255. The average molecular weight is 461 g/mol. The number of ether oxygens (including phenoxy) is 3. The second-order valence-electron chi connectivity index (χ2n) is 9.05. The molecule has 2 aromatic heterocycles. The molecule has 0 amide bonds. The molecule has 0 aromatic carbocycles. The van der Waals surface area contributed by atoms with Gasteiger partial charge in [0.1, 0.15) is 5.56 Å². The second-order valence-corrected chi connectivity index (χ2v) is 9.41. The minimum absolute atomic E-state index is 0.0305. The molecule has 4 rings (SSSR count). The number of halogens is 1. The van der Waals surface area contributed by atoms with Crippen molar-refractivity contribution in [3.05, 3.63) is 44.8 Å². The molecule has 172 valence electrons. The molecule has 1 aliphatic carbocycles. The molecule has 1 fully saturated rings. The first kappa shape index (κ1) is 22.8. The fraction of sp³-hybridized carbons (Fsp3) is 0.542. The third kappa shape index (κ3) is 3.92. The van der Waals surface area contributed by atoms with Gasteiger partial charge in [-0.15, -0.1) is 0 Å². The summed E-state index contributed by atoms with van der Waals surface area (Å²) in [5.74, 6) is 0.122. The SMILES string of the molecule is CCOC(=O)c1cn2c(cc1=O)-c1nc(Cl)c(OCCCOC)cc1C1CCC(C)(C)C12. The lowest BCUT2D eigenvalue weighted by Crippen LogP contribution is -2.32. The van der Waals surface area contributed by atoms with Crippen LogP contribution in [0.5, 0.6) is 5.75 Å². The average Bonchev–Trinajstić information content (AvgIpc) is 3.07. The Morgan fingerprint density at radius 1 is 1.31 bits per heavy atom. The molecule has 0 spiro atoms. The van der Waals surface area contributed by atoms with Crippen molar-refractivity contribution in [1.29, 1.82) is 0 Å². The third-order valence-corrected chi connectivity index (χ3v) is 6.79. The first-order valence-corrected chi connectivity index (χ1v) is 11.4. The van der Waals surface area contributed by atoms with Gasteiger partial charge in [0, 0.05) is 44.4 Å². The zero-order chi connectivity index (χ0) is 23.0. The molecule has 0 saturated heterocycles. The maximum atomic E-state index is 12.8. The molecule has 2 aromatic rings. The van der Waals surface area contributed by atoms with E-state index in [1.54, 1.807) is 20.2 Å². The Labute approximate surface area is 192 Å². The van der Waals surface area contributed by atoms with E-state index in [1.807, 2.05) is 10.6 Å². The standard InChI is InChI=1S/C24H29ClN2O5/c1-5-31-23(29)16-13-27-17(12-18(16)28)20-15(14-7-8-24(2,3)21(14)27)11-19(22(25)26-20)32-10-6-9-30-4/h11-14,21H,5-10H2,1-4H3. The summed E-state index contributed by atoms with van der Waals surface area (Å²) in [6, 6.07) is 3.53. The zero-order valence-corrected chi connectivity index (χ0v) is 19.7. The van der Waals surface area contributed by atoms with Crippen LogP contribution in [-0.2, 0) is 9.47 Å². The summed E-state index contributed by atoms with van der Waals surface area (Å²) < 4.78 is 18.1. The molecule has 2 aliphatic rings. The minimum Gasteiger partial charge on any atom is -0.490 e. The van der Waals surface area contributed by atoms with Gasteiger partial charge in [-0.2, -0.15) is 0 Å². The topological polar surface area (TPSA) is 79.7 Å². The van der Waals surface area contributed by atoms with E-state index in [2.05, 4.69) is 18.8 Å². The van der Waals surface area contributed by atoms with Crippen molar-refractivity contribution in [3.8, 4) is 17.1 Å². The second kappa shape index (κ2) is 8.87. The van der Waals surface area contributed by atoms with E-state index in [0.717, 1.165) is 24.8 Å². The van der Waals surface area contributed by atoms with E-state index in [9.17, 15) is 9.59 Å². The lowest BCUT2D eigenvalue weighted by Gasteiger charge is -2.39. The smallest absolute Gasteiger partial charge is 0.343 e. The lowest BCUT2D eigenvalue weighted by molar-refractivity contribution is 0.0523. The number of esters is 1. The van der Waals surface area contributed by atoms with Gasteiger partial charge in [-0.25, -0.2) is 9.78 Å². The molecule has 32 heavy (non-hydrogen) atoms. The van der Waals surface area contributed by atoms with Crippen molar-refractivity contribution >= 4 is 17.6 Å². The highest BCUT2D eigenvalue weighted by Gasteiger charge is 2.48. The van der Waals surface area contributed by atoms with Crippen molar-refractivity contribution in [1.82, 2.24) is 9.55 Å². The Bertz CT molecular complexity index is 1090. The van der Waals surface area contributed by atoms with Gasteiger partial charge < -0.3 is 18.8 Å². The van der Waals surface area contributed by atoms with Crippen LogP contribution in [0.4, 0.5) is 0 Å². The van der Waals surface area contributed by atoms with Gasteiger partial charge in [0.05, 0.1) is 24.6 Å². The molecule has 1 aliphatic heterocycles. The molecule has 0 bridgehead atoms. The Kier molecular flexibility index (Phi) is 6.32. The molecule has 2 unspecified atom stereocenters. The van der Waals surface area contributed by atoms with Crippen LogP contribution in [0, 0.1) is 5.41 Å². The van der Waals surface area contributed by atoms with Crippen molar-refractivity contribution in [3.63, 3.8) is 0 Å². The molecule has 7 nitrogen and oxygen atoms in total. The number of fused-ring (bicyclic) bond motifs is 6. The number of carbonyl (C=O) groups excluding carboxylic acids is 1. The monoisotopic (exact) mass is 460 g/mol. The Balaban J connectivity index is 1.84. The van der Waals surface area contributed by atoms with Crippen LogP contribution in [0.2, 0.25) is 5.15 Å². The van der Waals surface area contributed by atoms with E-state index < -0.39 is 5.97 Å². The van der Waals surface area contributed by atoms with Gasteiger partial charge in [-0.05, 0) is 36.8 Å². The molecule has 0 radical (unpaired) electrons. The molecule has 8 heteroatoms. The first-order valence-electron chi connectivity index (χ1n) is 11.0. The van der Waals surface area contributed by atoms with Crippen LogP contribution < -0.4 is 10.2 Å². The lowest BCUT2D eigenvalue weighted by atomic mass is 9.79. The van der Waals surface area contributed by atoms with E-state index in [0.29, 0.717) is 30.4 Å². The van der Waals surface area contributed by atoms with Crippen LogP contribution in [0.1, 0.15) is 67.9 Å². The van der Waals surface area contributed by atoms with Crippen molar-refractivity contribution in [2.45, 2.75) is 52.0 Å². The quantitative estimate of drug-likeness (QED) is 0.341. The number of pyridine rings is 2. The van der Waals surface area contributed by atoms with Gasteiger partial charge >= 0.3 is 5.97 Å². The molecular formula is C24H29ClN2O5. The highest BCUT2D eigenvalue weighted by molar-refractivity contribution is 6.31. The number of aromatic nitrogens is 2. The van der Waals surface area contributed by atoms with E-state index >= 15 is 0 Å². The van der Waals surface area contributed by atoms with Gasteiger partial charge in [0.25, 0.3) is 0 Å². The number of carbonyl (C=O) groups is 1. The number of hydrogen-bond acceptors (Lipinski definition) is 6. The van der Waals surface area contributed by atoms with E-state index in [1.165, 1.54) is 6.07 Å². The normalized spacial score (nSPS) is 20.3. The number of rotatable bonds is 7. The van der Waals surface area contributed by atoms with Crippen LogP contribution in [0.3, 0.4) is 0 Å². The maximum Gasteiger partial charge on any atom is 0.343 e. The van der Waals surface area contributed by atoms with Crippen LogP contribution in [0.15, 0.2) is 23.1 Å². The highest BCUT2D eigenvalue weighted by Crippen LogP contribution is 2.59. The summed E-state index contributed by atoms with van der Waals surface area (Å²) >= 11 is 6.47. The third-order valence-electron chi connectivity index (χ3n) is 6.52. The zero-order valence-electron chi connectivity index (χ0n) is 18.9. The molecule has 0 N–H and O–H groups in total. The molecule has 3 heterocycles. The fourth-order valence-corrected chi connectivity index (χ4v) is 5.26. The van der Waals surface area contributed by atoms with Gasteiger partial charge in [0.15, 0.2) is 16.3 Å². The van der Waals surface area contributed by atoms with E-state index in [-0.39, 0.29) is 40.1 Å². The molecular weight excluding hydrogens is 432 g/mol. The maximum absolute atomic E-state index is 12.8. The number of methoxy groups -OCH3 is 1. The van der Waals surface area contributed by atoms with Crippen molar-refractivity contribution < 1.29 is 19.0 Å². The summed E-state index contributed by atoms with van der Waals surface area (Å²) in [4.78, 5) is 29.9. The molecule has 2 atom stereocenters. The van der Waals surface area contributed by atoms with Crippen molar-refractivity contribution in [2.75, 3.05) is 26.9 Å². The van der Waals surface area contributed by atoms with Gasteiger partial charge in [-0.1, -0.05) is 25.4 Å². The van der Waals surface area contributed by atoms with Gasteiger partial charge in [0.2, 0.25) is 0 Å². The Hall–Kier alpha value is -2.38. The summed E-state index contributed by atoms with van der Waals surface area (Å²) in [5.41, 5.74) is 2.01. The largest absolute Gasteiger partial charge is 0.490 e. The predicted molar refractivity (Wildman–Crippen MR) is 122 cm³/mol. The Morgan fingerprint density at radius 3 is 2.81 bits per heavy atom. The predicted octanol–water partition coefficient (Wildman–Crippen LogP) is 4.61. The molecule has 1 saturated carbocycles. The fourth-order valence-electron chi connectivity index (χ4n) is 5.07. The minimum atomic E-state index is -0.600. The highest BCUT2D eigenvalue weighted by atomic mass is 35.5. The summed E-state index contributed by atoms with van der Waals surface area (Å²) in [6.45, 7) is 7.46. The number of hydrogen-bond donors (Lipinski definition) is 0. The van der Waals surface area contributed by atoms with E-state index in [4.69, 9.17) is 25.8 Å².